The Labute approximate surface area is 234 Å². The standard InChI is InChI=1S/C29H30N8O2S/c1-35-19-25(18-34-35)23-13-26(29(33-17-23)24(14-30)15-31)21-7-8-28(32-16-21)37-11-9-36(10-12-37)20-22-5-3-4-6-27(22)40(2,38)39/h3-8,13-14,16-19,30,33H,9-12,20H2,1-2H3/b29-24+,30-14?. The fourth-order valence-electron chi connectivity index (χ4n) is 4.95. The Morgan fingerprint density at radius 3 is 2.52 bits per heavy atom. The quantitative estimate of drug-likeness (QED) is 0.337. The normalized spacial score (nSPS) is 17.4. The van der Waals surface area contributed by atoms with Crippen molar-refractivity contribution in [3.05, 3.63) is 95.2 Å². The average molecular weight is 555 g/mol. The molecule has 1 saturated heterocycles. The summed E-state index contributed by atoms with van der Waals surface area (Å²) in [4.78, 5) is 9.60. The van der Waals surface area contributed by atoms with Gasteiger partial charge in [-0.25, -0.2) is 13.4 Å². The number of aryl methyl sites for hydroxylation is 1. The van der Waals surface area contributed by atoms with E-state index in [1.54, 1.807) is 29.2 Å². The van der Waals surface area contributed by atoms with Crippen LogP contribution in [0, 0.1) is 16.7 Å². The largest absolute Gasteiger partial charge is 0.359 e. The maximum Gasteiger partial charge on any atom is 0.175 e. The third kappa shape index (κ3) is 5.73. The lowest BCUT2D eigenvalue weighted by Gasteiger charge is -2.35. The lowest BCUT2D eigenvalue weighted by molar-refractivity contribution is 0.247. The molecule has 1 aromatic carbocycles. The highest BCUT2D eigenvalue weighted by molar-refractivity contribution is 7.90. The maximum atomic E-state index is 12.2. The SMILES string of the molecule is Cn1cc(C2=CN/C(=C(/C#N)C=N)C(c3ccc(N4CCN(Cc5ccccc5S(C)(=O)=O)CC4)nc3)=C2)cn1. The predicted octanol–water partition coefficient (Wildman–Crippen LogP) is 3.00. The zero-order valence-corrected chi connectivity index (χ0v) is 23.2. The summed E-state index contributed by atoms with van der Waals surface area (Å²) < 4.78 is 26.1. The van der Waals surface area contributed by atoms with Crippen LogP contribution in [0.2, 0.25) is 0 Å². The minimum Gasteiger partial charge on any atom is -0.359 e. The van der Waals surface area contributed by atoms with Gasteiger partial charge in [0, 0.05) is 93.1 Å². The Kier molecular flexibility index (Phi) is 7.64. The molecule has 2 aliphatic heterocycles. The zero-order chi connectivity index (χ0) is 28.3. The summed E-state index contributed by atoms with van der Waals surface area (Å²) in [6.45, 7) is 3.69. The molecular formula is C29H30N8O2S. The van der Waals surface area contributed by atoms with Gasteiger partial charge in [-0.1, -0.05) is 18.2 Å². The van der Waals surface area contributed by atoms with Crippen molar-refractivity contribution in [2.75, 3.05) is 37.3 Å². The molecule has 4 heterocycles. The molecule has 0 spiro atoms. The van der Waals surface area contributed by atoms with E-state index in [0.29, 0.717) is 17.1 Å². The summed E-state index contributed by atoms with van der Waals surface area (Å²) in [6, 6.07) is 13.2. The van der Waals surface area contributed by atoms with Gasteiger partial charge in [0.1, 0.15) is 11.9 Å². The molecule has 2 N–H and O–H groups in total. The second kappa shape index (κ2) is 11.3. The van der Waals surface area contributed by atoms with Crippen LogP contribution in [0.3, 0.4) is 0 Å². The van der Waals surface area contributed by atoms with Crippen molar-refractivity contribution in [2.45, 2.75) is 11.4 Å². The molecule has 40 heavy (non-hydrogen) atoms. The van der Waals surface area contributed by atoms with Crippen LogP contribution in [0.25, 0.3) is 11.1 Å². The molecule has 2 aromatic heterocycles. The smallest absolute Gasteiger partial charge is 0.175 e. The highest BCUT2D eigenvalue weighted by atomic mass is 32.2. The van der Waals surface area contributed by atoms with Crippen LogP contribution in [-0.4, -0.2) is 66.7 Å². The molecule has 204 valence electrons. The minimum absolute atomic E-state index is 0.227. The monoisotopic (exact) mass is 554 g/mol. The molecule has 0 unspecified atom stereocenters. The molecule has 1 fully saturated rings. The number of pyridine rings is 1. The van der Waals surface area contributed by atoms with Gasteiger partial charge in [-0.2, -0.15) is 10.4 Å². The molecule has 0 amide bonds. The molecule has 0 aliphatic carbocycles. The van der Waals surface area contributed by atoms with E-state index in [1.165, 1.54) is 6.26 Å². The van der Waals surface area contributed by atoms with Gasteiger partial charge in [-0.15, -0.1) is 0 Å². The lowest BCUT2D eigenvalue weighted by atomic mass is 9.94. The third-order valence-corrected chi connectivity index (χ3v) is 8.23. The second-order valence-corrected chi connectivity index (χ2v) is 11.8. The molecule has 0 radical (unpaired) electrons. The van der Waals surface area contributed by atoms with Crippen LogP contribution in [0.4, 0.5) is 5.82 Å². The number of aromatic nitrogens is 3. The summed E-state index contributed by atoms with van der Waals surface area (Å²) in [5.41, 5.74) is 5.04. The first kappa shape index (κ1) is 27.1. The summed E-state index contributed by atoms with van der Waals surface area (Å²) in [5.74, 6) is 0.852. The highest BCUT2D eigenvalue weighted by Crippen LogP contribution is 2.32. The number of hydrogen-bond donors (Lipinski definition) is 2. The Bertz CT molecular complexity index is 1670. The Hall–Kier alpha value is -4.53. The third-order valence-electron chi connectivity index (χ3n) is 7.03. The Morgan fingerprint density at radius 1 is 1.12 bits per heavy atom. The number of dihydropyridines is 1. The number of allylic oxidation sites excluding steroid dienone is 4. The van der Waals surface area contributed by atoms with Gasteiger partial charge in [0.15, 0.2) is 9.84 Å². The van der Waals surface area contributed by atoms with Crippen LogP contribution in [0.15, 0.2) is 83.4 Å². The van der Waals surface area contributed by atoms with E-state index in [2.05, 4.69) is 26.3 Å². The van der Waals surface area contributed by atoms with Gasteiger partial charge in [-0.3, -0.25) is 9.58 Å². The van der Waals surface area contributed by atoms with E-state index in [4.69, 9.17) is 10.4 Å². The van der Waals surface area contributed by atoms with E-state index in [1.807, 2.05) is 49.8 Å². The van der Waals surface area contributed by atoms with Crippen LogP contribution in [0.5, 0.6) is 0 Å². The van der Waals surface area contributed by atoms with Crippen molar-refractivity contribution in [2.24, 2.45) is 7.05 Å². The first-order chi connectivity index (χ1) is 19.3. The van der Waals surface area contributed by atoms with Crippen molar-refractivity contribution < 1.29 is 8.42 Å². The van der Waals surface area contributed by atoms with Crippen LogP contribution < -0.4 is 10.2 Å². The van der Waals surface area contributed by atoms with Crippen molar-refractivity contribution in [3.63, 3.8) is 0 Å². The summed E-state index contributed by atoms with van der Waals surface area (Å²) in [6.07, 6.45) is 11.6. The Morgan fingerprint density at radius 2 is 1.90 bits per heavy atom. The molecule has 5 rings (SSSR count). The van der Waals surface area contributed by atoms with Gasteiger partial charge < -0.3 is 15.6 Å². The van der Waals surface area contributed by atoms with E-state index in [-0.39, 0.29) is 5.57 Å². The average Bonchev–Trinajstić information content (AvgIpc) is 3.40. The molecule has 0 atom stereocenters. The summed E-state index contributed by atoms with van der Waals surface area (Å²) >= 11 is 0. The van der Waals surface area contributed by atoms with Crippen LogP contribution in [0.1, 0.15) is 16.7 Å². The summed E-state index contributed by atoms with van der Waals surface area (Å²) in [5, 5.41) is 24.8. The van der Waals surface area contributed by atoms with Gasteiger partial charge >= 0.3 is 0 Å². The topological polar surface area (TPSA) is 131 Å². The number of nitrogens with one attached hydrogen (secondary N) is 2. The molecule has 10 nitrogen and oxygen atoms in total. The van der Waals surface area contributed by atoms with Crippen molar-refractivity contribution >= 4 is 33.0 Å². The van der Waals surface area contributed by atoms with Crippen molar-refractivity contribution in [1.82, 2.24) is 25.0 Å². The van der Waals surface area contributed by atoms with E-state index >= 15 is 0 Å². The van der Waals surface area contributed by atoms with E-state index in [9.17, 15) is 13.7 Å². The minimum atomic E-state index is -3.28. The van der Waals surface area contributed by atoms with E-state index in [0.717, 1.165) is 66.0 Å². The van der Waals surface area contributed by atoms with Crippen LogP contribution in [-0.2, 0) is 23.4 Å². The molecule has 0 saturated carbocycles. The first-order valence-corrected chi connectivity index (χ1v) is 14.7. The lowest BCUT2D eigenvalue weighted by Crippen LogP contribution is -2.46. The molecule has 3 aromatic rings. The zero-order valence-electron chi connectivity index (χ0n) is 22.4. The molecular weight excluding hydrogens is 524 g/mol. The molecule has 2 aliphatic rings. The second-order valence-electron chi connectivity index (χ2n) is 9.80. The number of nitriles is 1. The summed E-state index contributed by atoms with van der Waals surface area (Å²) in [7, 11) is -1.42. The van der Waals surface area contributed by atoms with Gasteiger partial charge in [0.25, 0.3) is 0 Å². The maximum absolute atomic E-state index is 12.2. The number of piperazine rings is 1. The number of benzene rings is 1. The number of rotatable bonds is 7. The Balaban J connectivity index is 1.32. The number of nitrogens with zero attached hydrogens (tertiary/aromatic N) is 6. The first-order valence-electron chi connectivity index (χ1n) is 12.8. The fourth-order valence-corrected chi connectivity index (χ4v) is 5.88. The number of anilines is 1. The van der Waals surface area contributed by atoms with Gasteiger partial charge in [0.2, 0.25) is 0 Å². The predicted molar refractivity (Wildman–Crippen MR) is 155 cm³/mol. The molecule has 11 heteroatoms. The van der Waals surface area contributed by atoms with Crippen LogP contribution >= 0.6 is 0 Å². The van der Waals surface area contributed by atoms with Crippen molar-refractivity contribution in [3.8, 4) is 6.07 Å². The van der Waals surface area contributed by atoms with Crippen molar-refractivity contribution in [1.29, 1.82) is 10.7 Å². The van der Waals surface area contributed by atoms with Gasteiger partial charge in [0.05, 0.1) is 22.4 Å². The highest BCUT2D eigenvalue weighted by Gasteiger charge is 2.22. The number of sulfone groups is 1. The van der Waals surface area contributed by atoms with E-state index < -0.39 is 9.84 Å². The number of hydrogen-bond acceptors (Lipinski definition) is 9. The van der Waals surface area contributed by atoms with Gasteiger partial charge in [-0.05, 0) is 29.8 Å². The molecule has 0 bridgehead atoms. The fraction of sp³-hybridized carbons (Fsp3) is 0.241.